The zero-order valence-corrected chi connectivity index (χ0v) is 11.3. The van der Waals surface area contributed by atoms with Crippen molar-refractivity contribution in [2.45, 2.75) is 23.5 Å². The maximum Gasteiger partial charge on any atom is 0.323 e. The molecule has 0 aliphatic carbocycles. The molecule has 13 heavy (non-hydrogen) atoms. The molecule has 2 nitrogen and oxygen atoms in total. The van der Waals surface area contributed by atoms with Gasteiger partial charge in [-0.15, -0.1) is 23.5 Å². The molecule has 1 fully saturated rings. The second-order valence-electron chi connectivity index (χ2n) is 3.22. The van der Waals surface area contributed by atoms with Crippen molar-refractivity contribution in [1.29, 1.82) is 0 Å². The van der Waals surface area contributed by atoms with Crippen molar-refractivity contribution in [3.63, 3.8) is 0 Å². The van der Waals surface area contributed by atoms with E-state index in [1.54, 1.807) is 14.2 Å². The van der Waals surface area contributed by atoms with Gasteiger partial charge in [-0.2, -0.15) is 0 Å². The summed E-state index contributed by atoms with van der Waals surface area (Å²) in [5.41, 5.74) is 0.623. The van der Waals surface area contributed by atoms with Crippen molar-refractivity contribution in [3.05, 3.63) is 0 Å². The normalized spacial score (nSPS) is 21.2. The molecule has 0 amide bonds. The van der Waals surface area contributed by atoms with Gasteiger partial charge in [0.05, 0.1) is 4.58 Å². The molecular weight excluding hydrogens is 220 g/mol. The fourth-order valence-electron chi connectivity index (χ4n) is 1.52. The molecule has 78 valence electrons. The van der Waals surface area contributed by atoms with E-state index in [4.69, 9.17) is 8.85 Å². The Labute approximate surface area is 91.0 Å². The van der Waals surface area contributed by atoms with Crippen LogP contribution in [0.2, 0.25) is 5.54 Å². The molecule has 0 N–H and O–H groups in total. The van der Waals surface area contributed by atoms with Crippen molar-refractivity contribution >= 4 is 32.8 Å². The topological polar surface area (TPSA) is 18.5 Å². The Balaban J connectivity index is 2.25. The molecule has 1 aliphatic rings. The summed E-state index contributed by atoms with van der Waals surface area (Å²) in [6.07, 6.45) is 1.24. The van der Waals surface area contributed by atoms with E-state index in [1.165, 1.54) is 17.9 Å². The van der Waals surface area contributed by atoms with Crippen molar-refractivity contribution in [2.75, 3.05) is 25.7 Å². The highest BCUT2D eigenvalue weighted by Crippen LogP contribution is 2.38. The smallest absolute Gasteiger partial charge is 0.323 e. The van der Waals surface area contributed by atoms with Gasteiger partial charge in [0.1, 0.15) is 0 Å². The molecule has 1 rings (SSSR count). The molecule has 1 atom stereocenters. The molecule has 5 heteroatoms. The van der Waals surface area contributed by atoms with E-state index in [0.717, 1.165) is 4.58 Å². The van der Waals surface area contributed by atoms with Gasteiger partial charge in [0.25, 0.3) is 0 Å². The van der Waals surface area contributed by atoms with Crippen LogP contribution in [0.1, 0.15) is 13.3 Å². The highest BCUT2D eigenvalue weighted by Gasteiger charge is 2.25. The summed E-state index contributed by atoms with van der Waals surface area (Å²) in [6, 6.07) is 0. The predicted molar refractivity (Wildman–Crippen MR) is 63.9 cm³/mol. The summed E-state index contributed by atoms with van der Waals surface area (Å²) in [7, 11) is 2.17. The first kappa shape index (κ1) is 11.9. The number of hydrogen-bond donors (Lipinski definition) is 0. The Bertz CT molecular complexity index is 138. The lowest BCUT2D eigenvalue weighted by molar-refractivity contribution is 0.266. The zero-order chi connectivity index (χ0) is 9.68. The highest BCUT2D eigenvalue weighted by molar-refractivity contribution is 8.20. The molecule has 1 heterocycles. The van der Waals surface area contributed by atoms with Gasteiger partial charge in [-0.3, -0.25) is 0 Å². The SMILES string of the molecule is CO[SiH](OC)C(C)CC1SCCS1. The molecule has 1 saturated heterocycles. The summed E-state index contributed by atoms with van der Waals surface area (Å²) in [5.74, 6) is 2.63. The minimum Gasteiger partial charge on any atom is -0.400 e. The molecule has 0 aromatic heterocycles. The van der Waals surface area contributed by atoms with Crippen LogP contribution in [-0.2, 0) is 8.85 Å². The van der Waals surface area contributed by atoms with Crippen LogP contribution in [0.5, 0.6) is 0 Å². The van der Waals surface area contributed by atoms with Gasteiger partial charge in [0.2, 0.25) is 0 Å². The fraction of sp³-hybridized carbons (Fsp3) is 1.00. The first-order valence-corrected chi connectivity index (χ1v) is 8.27. The predicted octanol–water partition coefficient (Wildman–Crippen LogP) is 2.09. The first-order valence-electron chi connectivity index (χ1n) is 4.56. The lowest BCUT2D eigenvalue weighted by Crippen LogP contribution is -2.25. The van der Waals surface area contributed by atoms with Gasteiger partial charge in [-0.1, -0.05) is 6.92 Å². The van der Waals surface area contributed by atoms with E-state index >= 15 is 0 Å². The van der Waals surface area contributed by atoms with E-state index in [0.29, 0.717) is 5.54 Å². The standard InChI is InChI=1S/C8H18O2S2Si/c1-7(13(9-2)10-3)6-8-11-4-5-12-8/h7-8,13H,4-6H2,1-3H3. The molecular formula is C8H18O2S2Si. The quantitative estimate of drug-likeness (QED) is 0.683. The van der Waals surface area contributed by atoms with E-state index in [1.807, 2.05) is 0 Å². The van der Waals surface area contributed by atoms with Crippen molar-refractivity contribution in [3.8, 4) is 0 Å². The maximum absolute atomic E-state index is 5.37. The van der Waals surface area contributed by atoms with E-state index < -0.39 is 9.28 Å². The Morgan fingerprint density at radius 1 is 1.31 bits per heavy atom. The minimum atomic E-state index is -1.37. The molecule has 0 aromatic carbocycles. The number of thioether (sulfide) groups is 2. The molecule has 0 bridgehead atoms. The van der Waals surface area contributed by atoms with Crippen LogP contribution in [0.4, 0.5) is 0 Å². The van der Waals surface area contributed by atoms with Crippen LogP contribution < -0.4 is 0 Å². The molecule has 0 aromatic rings. The maximum atomic E-state index is 5.37. The van der Waals surface area contributed by atoms with Gasteiger partial charge >= 0.3 is 9.28 Å². The van der Waals surface area contributed by atoms with Gasteiger partial charge in [0.15, 0.2) is 0 Å². The van der Waals surface area contributed by atoms with Gasteiger partial charge in [0, 0.05) is 25.7 Å². The van der Waals surface area contributed by atoms with Crippen LogP contribution in [0, 0.1) is 0 Å². The van der Waals surface area contributed by atoms with E-state index in [9.17, 15) is 0 Å². The van der Waals surface area contributed by atoms with Crippen molar-refractivity contribution < 1.29 is 8.85 Å². The van der Waals surface area contributed by atoms with E-state index in [-0.39, 0.29) is 0 Å². The van der Waals surface area contributed by atoms with Crippen LogP contribution >= 0.6 is 23.5 Å². The monoisotopic (exact) mass is 238 g/mol. The minimum absolute atomic E-state index is 0.623. The zero-order valence-electron chi connectivity index (χ0n) is 8.49. The van der Waals surface area contributed by atoms with E-state index in [2.05, 4.69) is 30.4 Å². The first-order chi connectivity index (χ1) is 6.27. The summed E-state index contributed by atoms with van der Waals surface area (Å²) < 4.78 is 11.5. The number of rotatable bonds is 5. The van der Waals surface area contributed by atoms with Crippen LogP contribution in [0.15, 0.2) is 0 Å². The summed E-state index contributed by atoms with van der Waals surface area (Å²) in [4.78, 5) is 0. The molecule has 1 unspecified atom stereocenters. The molecule has 0 spiro atoms. The molecule has 1 aliphatic heterocycles. The third-order valence-corrected chi connectivity index (χ3v) is 7.40. The van der Waals surface area contributed by atoms with Gasteiger partial charge < -0.3 is 8.85 Å². The Morgan fingerprint density at radius 2 is 1.85 bits per heavy atom. The van der Waals surface area contributed by atoms with Gasteiger partial charge in [-0.25, -0.2) is 0 Å². The van der Waals surface area contributed by atoms with Crippen LogP contribution in [-0.4, -0.2) is 39.6 Å². The van der Waals surface area contributed by atoms with Gasteiger partial charge in [-0.05, 0) is 12.0 Å². The van der Waals surface area contributed by atoms with Crippen molar-refractivity contribution in [2.24, 2.45) is 0 Å². The Kier molecular flexibility index (Phi) is 5.81. The van der Waals surface area contributed by atoms with Crippen LogP contribution in [0.25, 0.3) is 0 Å². The average Bonchev–Trinajstić information content (AvgIpc) is 2.59. The average molecular weight is 238 g/mol. The Morgan fingerprint density at radius 3 is 2.31 bits per heavy atom. The summed E-state index contributed by atoms with van der Waals surface area (Å²) in [5, 5.41) is 0. The summed E-state index contributed by atoms with van der Waals surface area (Å²) >= 11 is 4.17. The highest BCUT2D eigenvalue weighted by atomic mass is 32.2. The second-order valence-corrected chi connectivity index (χ2v) is 8.96. The van der Waals surface area contributed by atoms with Crippen LogP contribution in [0.3, 0.4) is 0 Å². The Hall–Kier alpha value is 0.837. The number of hydrogen-bond acceptors (Lipinski definition) is 4. The summed E-state index contributed by atoms with van der Waals surface area (Å²) in [6.45, 7) is 2.25. The largest absolute Gasteiger partial charge is 0.400 e. The lowest BCUT2D eigenvalue weighted by Gasteiger charge is -2.20. The lowest BCUT2D eigenvalue weighted by atomic mass is 10.4. The molecule has 0 saturated carbocycles. The molecule has 0 radical (unpaired) electrons. The third kappa shape index (κ3) is 3.83. The second kappa shape index (κ2) is 6.34. The van der Waals surface area contributed by atoms with Crippen molar-refractivity contribution in [1.82, 2.24) is 0 Å². The third-order valence-electron chi connectivity index (χ3n) is 2.18. The fourth-order valence-corrected chi connectivity index (χ4v) is 6.67.